The minimum Gasteiger partial charge on any atom is -0.317 e. The van der Waals surface area contributed by atoms with Gasteiger partial charge in [0.1, 0.15) is 24.4 Å². The van der Waals surface area contributed by atoms with Crippen molar-refractivity contribution in [2.75, 3.05) is 0 Å². The lowest BCUT2D eigenvalue weighted by atomic mass is 9.64. The van der Waals surface area contributed by atoms with Crippen molar-refractivity contribution in [3.8, 4) is 0 Å². The summed E-state index contributed by atoms with van der Waals surface area (Å²) in [6.07, 6.45) is -0.468. The Labute approximate surface area is 203 Å². The molecule has 0 N–H and O–H groups in total. The monoisotopic (exact) mass is 492 g/mol. The highest BCUT2D eigenvalue weighted by Gasteiger charge is 2.56. The van der Waals surface area contributed by atoms with Crippen molar-refractivity contribution in [1.82, 2.24) is 0 Å². The van der Waals surface area contributed by atoms with Crippen molar-refractivity contribution in [2.45, 2.75) is 129 Å². The molecule has 4 saturated carbocycles. The predicted octanol–water partition coefficient (Wildman–Crippen LogP) is 8.70. The molecule has 0 saturated heterocycles. The summed E-state index contributed by atoms with van der Waals surface area (Å²) in [7, 11) is 0. The Kier molecular flexibility index (Phi) is 8.57. The summed E-state index contributed by atoms with van der Waals surface area (Å²) in [5, 5.41) is 0. The van der Waals surface area contributed by atoms with Gasteiger partial charge in [-0.1, -0.05) is 33.6 Å². The molecule has 4 rings (SSSR count). The van der Waals surface area contributed by atoms with Gasteiger partial charge in [-0.2, -0.15) is 8.78 Å². The molecule has 0 aromatic rings. The summed E-state index contributed by atoms with van der Waals surface area (Å²) in [6.45, 7) is 5.91. The third-order valence-electron chi connectivity index (χ3n) is 10.3. The van der Waals surface area contributed by atoms with Crippen LogP contribution in [0.15, 0.2) is 0 Å². The standard InChI is InChI=1S/C28H45F5O/c1-16-4-6-19(7-5-16)20-8-10-21(11-9-20)22-13-25(30)27(26(31)14-22)28(32,33)34-23-12-17(2)18(3)24(29)15-23/h16-27H,4-15H2,1-3H3. The van der Waals surface area contributed by atoms with Crippen molar-refractivity contribution in [2.24, 2.45) is 47.3 Å². The molecular weight excluding hydrogens is 447 g/mol. The second-order valence-corrected chi connectivity index (χ2v) is 12.6. The number of hydrogen-bond acceptors (Lipinski definition) is 1. The molecule has 0 spiro atoms. The van der Waals surface area contributed by atoms with Crippen LogP contribution in [0.1, 0.15) is 97.8 Å². The van der Waals surface area contributed by atoms with Crippen LogP contribution in [0.2, 0.25) is 0 Å². The number of hydrogen-bond donors (Lipinski definition) is 0. The Morgan fingerprint density at radius 1 is 0.588 bits per heavy atom. The van der Waals surface area contributed by atoms with Crippen LogP contribution >= 0.6 is 0 Å². The molecule has 0 radical (unpaired) electrons. The van der Waals surface area contributed by atoms with Crippen molar-refractivity contribution in [1.29, 1.82) is 0 Å². The van der Waals surface area contributed by atoms with Gasteiger partial charge in [0, 0.05) is 6.42 Å². The Hall–Kier alpha value is -0.390. The van der Waals surface area contributed by atoms with E-state index in [4.69, 9.17) is 4.74 Å². The van der Waals surface area contributed by atoms with E-state index in [1.807, 2.05) is 6.92 Å². The average Bonchev–Trinajstić information content (AvgIpc) is 2.77. The molecule has 198 valence electrons. The lowest BCUT2D eigenvalue weighted by Gasteiger charge is -2.44. The summed E-state index contributed by atoms with van der Waals surface area (Å²) in [5.41, 5.74) is 0. The molecule has 4 fully saturated rings. The molecule has 4 aliphatic carbocycles. The van der Waals surface area contributed by atoms with Crippen LogP contribution in [-0.4, -0.2) is 30.7 Å². The van der Waals surface area contributed by atoms with E-state index < -0.39 is 36.6 Å². The van der Waals surface area contributed by atoms with Crippen molar-refractivity contribution < 1.29 is 26.7 Å². The van der Waals surface area contributed by atoms with Crippen LogP contribution < -0.4 is 0 Å². The SMILES string of the molecule is CC1CCC(C2CCC(C3CC(F)C(C(F)(F)OC4CC(C)C(C)C(F)C4)C(F)C3)CC2)CC1. The van der Waals surface area contributed by atoms with Crippen LogP contribution in [-0.2, 0) is 4.74 Å². The van der Waals surface area contributed by atoms with E-state index >= 15 is 8.78 Å². The lowest BCUT2D eigenvalue weighted by molar-refractivity contribution is -0.323. The fourth-order valence-corrected chi connectivity index (χ4v) is 7.79. The number of alkyl halides is 5. The molecule has 6 heteroatoms. The van der Waals surface area contributed by atoms with Crippen molar-refractivity contribution in [3.63, 3.8) is 0 Å². The van der Waals surface area contributed by atoms with Gasteiger partial charge in [-0.05, 0) is 99.2 Å². The first-order chi connectivity index (χ1) is 16.0. The van der Waals surface area contributed by atoms with E-state index in [9.17, 15) is 13.2 Å². The predicted molar refractivity (Wildman–Crippen MR) is 125 cm³/mol. The van der Waals surface area contributed by atoms with Gasteiger partial charge in [0.2, 0.25) is 0 Å². The first kappa shape index (κ1) is 26.7. The molecule has 6 unspecified atom stereocenters. The first-order valence-electron chi connectivity index (χ1n) is 14.0. The Bertz CT molecular complexity index is 619. The normalized spacial score (nSPS) is 49.1. The summed E-state index contributed by atoms with van der Waals surface area (Å²) in [5.74, 6) is 0.00151. The third-order valence-corrected chi connectivity index (χ3v) is 10.3. The van der Waals surface area contributed by atoms with Gasteiger partial charge >= 0.3 is 6.11 Å². The van der Waals surface area contributed by atoms with Crippen molar-refractivity contribution >= 4 is 0 Å². The zero-order valence-corrected chi connectivity index (χ0v) is 21.2. The fourth-order valence-electron chi connectivity index (χ4n) is 7.79. The minimum atomic E-state index is -3.91. The van der Waals surface area contributed by atoms with Gasteiger partial charge in [0.05, 0.1) is 6.10 Å². The molecule has 0 aromatic carbocycles. The van der Waals surface area contributed by atoms with E-state index in [0.29, 0.717) is 6.42 Å². The van der Waals surface area contributed by atoms with Crippen LogP contribution in [0, 0.1) is 47.3 Å². The Morgan fingerprint density at radius 3 is 1.56 bits per heavy atom. The van der Waals surface area contributed by atoms with Gasteiger partial charge in [-0.25, -0.2) is 13.2 Å². The molecule has 34 heavy (non-hydrogen) atoms. The van der Waals surface area contributed by atoms with Crippen LogP contribution in [0.4, 0.5) is 22.0 Å². The smallest absolute Gasteiger partial charge is 0.317 e. The number of ether oxygens (including phenoxy) is 1. The Balaban J connectivity index is 1.29. The zero-order chi connectivity index (χ0) is 24.6. The molecule has 0 aromatic heterocycles. The summed E-state index contributed by atoms with van der Waals surface area (Å²) in [4.78, 5) is 0. The maximum Gasteiger partial charge on any atom is 0.364 e. The molecule has 0 aliphatic heterocycles. The Morgan fingerprint density at radius 2 is 1.06 bits per heavy atom. The van der Waals surface area contributed by atoms with Gasteiger partial charge in [-0.15, -0.1) is 0 Å². The van der Waals surface area contributed by atoms with Gasteiger partial charge in [0.25, 0.3) is 0 Å². The summed E-state index contributed by atoms with van der Waals surface area (Å²) >= 11 is 0. The highest BCUT2D eigenvalue weighted by atomic mass is 19.3. The second-order valence-electron chi connectivity index (χ2n) is 12.6. The van der Waals surface area contributed by atoms with Crippen LogP contribution in [0.3, 0.4) is 0 Å². The molecule has 0 heterocycles. The van der Waals surface area contributed by atoms with Crippen molar-refractivity contribution in [3.05, 3.63) is 0 Å². The van der Waals surface area contributed by atoms with E-state index in [-0.39, 0.29) is 42.9 Å². The quantitative estimate of drug-likeness (QED) is 0.349. The summed E-state index contributed by atoms with van der Waals surface area (Å²) < 4.78 is 79.3. The highest BCUT2D eigenvalue weighted by molar-refractivity contribution is 4.95. The van der Waals surface area contributed by atoms with Gasteiger partial charge in [0.15, 0.2) is 0 Å². The largest absolute Gasteiger partial charge is 0.364 e. The summed E-state index contributed by atoms with van der Waals surface area (Å²) in [6, 6.07) is 0. The molecule has 1 nitrogen and oxygen atoms in total. The van der Waals surface area contributed by atoms with E-state index in [2.05, 4.69) is 6.92 Å². The zero-order valence-electron chi connectivity index (χ0n) is 21.2. The maximum atomic E-state index is 15.1. The molecule has 6 atom stereocenters. The number of halogens is 5. The fraction of sp³-hybridized carbons (Fsp3) is 1.00. The average molecular weight is 493 g/mol. The van der Waals surface area contributed by atoms with E-state index in [0.717, 1.165) is 43.4 Å². The van der Waals surface area contributed by atoms with Crippen LogP contribution in [0.5, 0.6) is 0 Å². The maximum absolute atomic E-state index is 15.1. The molecular formula is C28H45F5O. The highest BCUT2D eigenvalue weighted by Crippen LogP contribution is 2.50. The minimum absolute atomic E-state index is 0.00977. The molecule has 0 amide bonds. The van der Waals surface area contributed by atoms with E-state index in [1.54, 1.807) is 6.92 Å². The van der Waals surface area contributed by atoms with Gasteiger partial charge < -0.3 is 4.74 Å². The third kappa shape index (κ3) is 5.94. The number of rotatable bonds is 5. The second kappa shape index (κ2) is 10.9. The van der Waals surface area contributed by atoms with Gasteiger partial charge in [-0.3, -0.25) is 0 Å². The topological polar surface area (TPSA) is 9.23 Å². The first-order valence-corrected chi connectivity index (χ1v) is 14.0. The lowest BCUT2D eigenvalue weighted by Crippen LogP contribution is -2.51. The van der Waals surface area contributed by atoms with E-state index in [1.165, 1.54) is 25.7 Å². The molecule has 4 aliphatic rings. The molecule has 0 bridgehead atoms. The van der Waals surface area contributed by atoms with Crippen LogP contribution in [0.25, 0.3) is 0 Å².